The summed E-state index contributed by atoms with van der Waals surface area (Å²) in [5.74, 6) is -0.0899. The monoisotopic (exact) mass is 521 g/mol. The fourth-order valence-corrected chi connectivity index (χ4v) is 6.38. The number of nitrogens with one attached hydrogen (secondary N) is 1. The van der Waals surface area contributed by atoms with Gasteiger partial charge >= 0.3 is 5.97 Å². The Labute approximate surface area is 216 Å². The molecule has 0 saturated heterocycles. The molecule has 0 aromatic carbocycles. The summed E-state index contributed by atoms with van der Waals surface area (Å²) in [7, 11) is 1.34. The molecule has 0 spiro atoms. The maximum atomic E-state index is 12.8. The number of esters is 1. The normalized spacial score (nSPS) is 12.6. The molecule has 9 nitrogen and oxygen atoms in total. The van der Waals surface area contributed by atoms with Gasteiger partial charge in [0.1, 0.15) is 39.3 Å². The smallest absolute Gasteiger partial charge is 0.341 e. The molecule has 0 radical (unpaired) electrons. The van der Waals surface area contributed by atoms with Gasteiger partial charge in [0, 0.05) is 17.1 Å². The van der Waals surface area contributed by atoms with Crippen molar-refractivity contribution in [1.29, 1.82) is 10.5 Å². The molecule has 1 aliphatic rings. The summed E-state index contributed by atoms with van der Waals surface area (Å²) in [6.07, 6.45) is 6.40. The van der Waals surface area contributed by atoms with Crippen LogP contribution in [0.5, 0.6) is 0 Å². The number of anilines is 2. The number of ether oxygens (including phenoxy) is 1. The number of rotatable bonds is 7. The van der Waals surface area contributed by atoms with Crippen molar-refractivity contribution in [2.75, 3.05) is 23.9 Å². The highest BCUT2D eigenvalue weighted by molar-refractivity contribution is 7.99. The average molecular weight is 522 g/mol. The van der Waals surface area contributed by atoms with Gasteiger partial charge in [-0.2, -0.15) is 10.5 Å². The lowest BCUT2D eigenvalue weighted by molar-refractivity contribution is -0.115. The number of furan rings is 1. The molecule has 3 aromatic rings. The van der Waals surface area contributed by atoms with Crippen LogP contribution in [-0.2, 0) is 22.4 Å². The van der Waals surface area contributed by atoms with Gasteiger partial charge in [0.15, 0.2) is 0 Å². The molecule has 0 aliphatic heterocycles. The first-order chi connectivity index (χ1) is 17.5. The van der Waals surface area contributed by atoms with E-state index in [0.717, 1.165) is 42.5 Å². The molecule has 1 amide bonds. The summed E-state index contributed by atoms with van der Waals surface area (Å²) in [4.78, 5) is 30.6. The minimum Gasteiger partial charge on any atom is -0.465 e. The number of nitrogen functional groups attached to an aromatic ring is 1. The molecule has 36 heavy (non-hydrogen) atoms. The van der Waals surface area contributed by atoms with Crippen LogP contribution in [0, 0.1) is 22.7 Å². The van der Waals surface area contributed by atoms with Crippen LogP contribution in [0.4, 0.5) is 10.8 Å². The zero-order valence-corrected chi connectivity index (χ0v) is 21.2. The largest absolute Gasteiger partial charge is 0.465 e. The molecular formula is C25H23N5O4S2. The van der Waals surface area contributed by atoms with E-state index in [2.05, 4.69) is 16.4 Å². The van der Waals surface area contributed by atoms with Gasteiger partial charge in [0.05, 0.1) is 30.1 Å². The summed E-state index contributed by atoms with van der Waals surface area (Å²) in [5, 5.41) is 23.0. The molecule has 1 aliphatic carbocycles. The predicted molar refractivity (Wildman–Crippen MR) is 137 cm³/mol. The molecule has 0 atom stereocenters. The zero-order valence-electron chi connectivity index (χ0n) is 19.6. The topological polar surface area (TPSA) is 155 Å². The summed E-state index contributed by atoms with van der Waals surface area (Å²) in [6.45, 7) is 0. The van der Waals surface area contributed by atoms with Crippen molar-refractivity contribution in [1.82, 2.24) is 4.98 Å². The number of aromatic nitrogens is 1. The van der Waals surface area contributed by atoms with E-state index < -0.39 is 5.97 Å². The number of aryl methyl sites for hydroxylation is 1. The summed E-state index contributed by atoms with van der Waals surface area (Å²) in [5.41, 5.74) is 7.94. The quantitative estimate of drug-likeness (QED) is 0.251. The van der Waals surface area contributed by atoms with E-state index in [1.54, 1.807) is 12.1 Å². The van der Waals surface area contributed by atoms with Crippen LogP contribution in [0.2, 0.25) is 0 Å². The number of nitriles is 2. The summed E-state index contributed by atoms with van der Waals surface area (Å²) in [6, 6.07) is 7.37. The molecule has 11 heteroatoms. The Hall–Kier alpha value is -3.80. The maximum Gasteiger partial charge on any atom is 0.341 e. The summed E-state index contributed by atoms with van der Waals surface area (Å²) < 4.78 is 10.4. The van der Waals surface area contributed by atoms with Crippen LogP contribution in [-0.4, -0.2) is 29.7 Å². The van der Waals surface area contributed by atoms with Crippen molar-refractivity contribution in [2.24, 2.45) is 0 Å². The Bertz CT molecular complexity index is 1380. The van der Waals surface area contributed by atoms with Crippen molar-refractivity contribution in [3.8, 4) is 23.5 Å². The molecule has 0 saturated carbocycles. The number of carbonyl (C=O) groups excluding carboxylic acids is 2. The van der Waals surface area contributed by atoms with Gasteiger partial charge in [-0.1, -0.05) is 6.42 Å². The number of nitrogens with zero attached hydrogens (tertiary/aromatic N) is 3. The lowest BCUT2D eigenvalue weighted by atomic mass is 10.0. The van der Waals surface area contributed by atoms with E-state index in [9.17, 15) is 20.1 Å². The molecule has 3 aromatic heterocycles. The van der Waals surface area contributed by atoms with Crippen LogP contribution in [0.25, 0.3) is 11.3 Å². The van der Waals surface area contributed by atoms with Gasteiger partial charge in [0.2, 0.25) is 5.91 Å². The third-order valence-electron chi connectivity index (χ3n) is 5.81. The zero-order chi connectivity index (χ0) is 25.7. The van der Waals surface area contributed by atoms with Crippen LogP contribution in [0.1, 0.15) is 57.6 Å². The summed E-state index contributed by atoms with van der Waals surface area (Å²) >= 11 is 2.62. The molecule has 184 valence electrons. The van der Waals surface area contributed by atoms with Crippen molar-refractivity contribution >= 4 is 45.8 Å². The number of amides is 1. The van der Waals surface area contributed by atoms with Gasteiger partial charge in [0.25, 0.3) is 0 Å². The molecule has 4 rings (SSSR count). The number of hydrogen-bond donors (Lipinski definition) is 2. The Balaban J connectivity index is 1.51. The number of hydrogen-bond acceptors (Lipinski definition) is 10. The standard InChI is InChI=1S/C25H23N5O4S2/c1-33-25(32)21-14-6-3-2-4-8-18(14)36-24(21)29-19(31)9-11-35-23-16(13-27)20(17-7-5-10-34-17)15(12-26)22(28)30-23/h5,7,10H,2-4,6,8-9,11H2,1H3,(H2,28,30)(H,29,31). The minimum atomic E-state index is -0.444. The minimum absolute atomic E-state index is 0.0161. The van der Waals surface area contributed by atoms with Crippen LogP contribution < -0.4 is 11.1 Å². The molecule has 0 bridgehead atoms. The van der Waals surface area contributed by atoms with E-state index >= 15 is 0 Å². The highest BCUT2D eigenvalue weighted by atomic mass is 32.2. The van der Waals surface area contributed by atoms with Gasteiger partial charge in [-0.15, -0.1) is 23.1 Å². The Kier molecular flexibility index (Phi) is 7.93. The molecule has 0 fully saturated rings. The highest BCUT2D eigenvalue weighted by Crippen LogP contribution is 2.39. The van der Waals surface area contributed by atoms with Crippen LogP contribution >= 0.6 is 23.1 Å². The molecule has 3 heterocycles. The van der Waals surface area contributed by atoms with Crippen LogP contribution in [0.3, 0.4) is 0 Å². The van der Waals surface area contributed by atoms with E-state index in [1.165, 1.54) is 36.5 Å². The third kappa shape index (κ3) is 5.08. The van der Waals surface area contributed by atoms with E-state index in [-0.39, 0.29) is 34.8 Å². The number of pyridine rings is 1. The number of thioether (sulfide) groups is 1. The fourth-order valence-electron chi connectivity index (χ4n) is 4.15. The maximum absolute atomic E-state index is 12.8. The SMILES string of the molecule is COC(=O)c1c(NC(=O)CCSc2nc(N)c(C#N)c(-c3ccco3)c2C#N)sc2c1CCCCC2. The number of thiophene rings is 1. The Morgan fingerprint density at radius 1 is 1.25 bits per heavy atom. The lowest BCUT2D eigenvalue weighted by Gasteiger charge is -2.11. The van der Waals surface area contributed by atoms with Crippen molar-refractivity contribution in [3.63, 3.8) is 0 Å². The number of methoxy groups -OCH3 is 1. The second-order valence-corrected chi connectivity index (χ2v) is 10.2. The number of fused-ring (bicyclic) bond motifs is 1. The van der Waals surface area contributed by atoms with Crippen molar-refractivity contribution < 1.29 is 18.7 Å². The fraction of sp³-hybridized carbons (Fsp3) is 0.320. The third-order valence-corrected chi connectivity index (χ3v) is 8.00. The van der Waals surface area contributed by atoms with Gasteiger partial charge in [-0.25, -0.2) is 9.78 Å². The van der Waals surface area contributed by atoms with E-state index in [0.29, 0.717) is 27.1 Å². The molecular weight excluding hydrogens is 498 g/mol. The Morgan fingerprint density at radius 3 is 2.72 bits per heavy atom. The van der Waals surface area contributed by atoms with Crippen LogP contribution in [0.15, 0.2) is 27.8 Å². The first-order valence-electron chi connectivity index (χ1n) is 11.3. The first-order valence-corrected chi connectivity index (χ1v) is 13.1. The van der Waals surface area contributed by atoms with E-state index in [4.69, 9.17) is 14.9 Å². The van der Waals surface area contributed by atoms with Gasteiger partial charge in [-0.3, -0.25) is 4.79 Å². The van der Waals surface area contributed by atoms with Gasteiger partial charge < -0.3 is 20.2 Å². The van der Waals surface area contributed by atoms with Crippen molar-refractivity contribution in [2.45, 2.75) is 43.6 Å². The highest BCUT2D eigenvalue weighted by Gasteiger charge is 2.26. The van der Waals surface area contributed by atoms with Gasteiger partial charge in [-0.05, 0) is 43.4 Å². The number of nitrogens with two attached hydrogens (primary N) is 1. The second-order valence-electron chi connectivity index (χ2n) is 8.03. The second kappa shape index (κ2) is 11.3. The average Bonchev–Trinajstić information content (AvgIpc) is 3.45. The lowest BCUT2D eigenvalue weighted by Crippen LogP contribution is -2.15. The van der Waals surface area contributed by atoms with Crippen molar-refractivity contribution in [3.05, 3.63) is 45.5 Å². The van der Waals surface area contributed by atoms with E-state index in [1.807, 2.05) is 6.07 Å². The molecule has 0 unspecified atom stereocenters. The predicted octanol–water partition coefficient (Wildman–Crippen LogP) is 4.91. The number of carbonyl (C=O) groups is 2. The molecule has 3 N–H and O–H groups in total. The first kappa shape index (κ1) is 25.3. The Morgan fingerprint density at radius 2 is 2.03 bits per heavy atom.